The number of furan rings is 2. The van der Waals surface area contributed by atoms with Crippen LogP contribution in [0, 0.1) is 5.82 Å². The fourth-order valence-electron chi connectivity index (χ4n) is 4.00. The van der Waals surface area contributed by atoms with Crippen molar-refractivity contribution in [2.75, 3.05) is 20.2 Å². The Bertz CT molecular complexity index is 1190. The summed E-state index contributed by atoms with van der Waals surface area (Å²) in [7, 11) is 1.66. The van der Waals surface area contributed by atoms with Gasteiger partial charge in [-0.3, -0.25) is 4.90 Å². The first-order chi connectivity index (χ1) is 14.7. The second kappa shape index (κ2) is 7.84. The molecular weight excluding hydrogens is 381 g/mol. The van der Waals surface area contributed by atoms with Crippen LogP contribution in [-0.2, 0) is 6.54 Å². The monoisotopic (exact) mass is 403 g/mol. The quantitative estimate of drug-likeness (QED) is 0.402. The predicted octanol–water partition coefficient (Wildman–Crippen LogP) is 6.13. The molecule has 4 nitrogen and oxygen atoms in total. The molecule has 0 bridgehead atoms. The van der Waals surface area contributed by atoms with Crippen molar-refractivity contribution in [3.63, 3.8) is 0 Å². The number of halogens is 1. The number of hydrogen-bond donors (Lipinski definition) is 0. The first-order valence-electron chi connectivity index (χ1n) is 10.0. The number of methoxy groups -OCH3 is 1. The summed E-state index contributed by atoms with van der Waals surface area (Å²) < 4.78 is 30.2. The molecule has 3 heterocycles. The van der Waals surface area contributed by atoms with Crippen molar-refractivity contribution in [1.82, 2.24) is 4.90 Å². The maximum atomic E-state index is 13.2. The Morgan fingerprint density at radius 2 is 1.93 bits per heavy atom. The van der Waals surface area contributed by atoms with Crippen molar-refractivity contribution in [1.29, 1.82) is 0 Å². The molecule has 2 aromatic heterocycles. The molecule has 4 aromatic rings. The molecule has 0 saturated carbocycles. The second-order valence-electron chi connectivity index (χ2n) is 7.53. The van der Waals surface area contributed by atoms with E-state index in [0.717, 1.165) is 48.3 Å². The van der Waals surface area contributed by atoms with Crippen LogP contribution < -0.4 is 4.74 Å². The first kappa shape index (κ1) is 18.7. The van der Waals surface area contributed by atoms with Gasteiger partial charge in [0.05, 0.1) is 13.4 Å². The zero-order chi connectivity index (χ0) is 20.5. The summed E-state index contributed by atoms with van der Waals surface area (Å²) in [4.78, 5) is 2.39. The Morgan fingerprint density at radius 1 is 1.07 bits per heavy atom. The molecule has 0 radical (unpaired) electrons. The van der Waals surface area contributed by atoms with Gasteiger partial charge in [-0.05, 0) is 65.6 Å². The predicted molar refractivity (Wildman–Crippen MR) is 115 cm³/mol. The minimum absolute atomic E-state index is 0.199. The standard InChI is InChI=1S/C25H22FNO3/c1-28-24-14-17(13-20-15-23(30-25(20)24)22-3-2-12-29-22)16-27-10-8-19(9-11-27)18-4-6-21(26)7-5-18/h2-8,12-15H,9-11,16H2,1H3. The minimum atomic E-state index is -0.199. The van der Waals surface area contributed by atoms with Gasteiger partial charge in [0.25, 0.3) is 0 Å². The Balaban J connectivity index is 1.36. The van der Waals surface area contributed by atoms with Crippen molar-refractivity contribution in [2.45, 2.75) is 13.0 Å². The van der Waals surface area contributed by atoms with Crippen LogP contribution in [0.15, 0.2) is 75.8 Å². The number of benzene rings is 2. The van der Waals surface area contributed by atoms with E-state index in [4.69, 9.17) is 13.6 Å². The van der Waals surface area contributed by atoms with Gasteiger partial charge in [-0.1, -0.05) is 18.2 Å². The first-order valence-corrected chi connectivity index (χ1v) is 10.0. The minimum Gasteiger partial charge on any atom is -0.493 e. The largest absolute Gasteiger partial charge is 0.493 e. The molecular formula is C25H22FNO3. The average molecular weight is 403 g/mol. The van der Waals surface area contributed by atoms with Gasteiger partial charge < -0.3 is 13.6 Å². The highest BCUT2D eigenvalue weighted by Crippen LogP contribution is 2.35. The highest BCUT2D eigenvalue weighted by atomic mass is 19.1. The molecule has 0 fully saturated rings. The van der Waals surface area contributed by atoms with E-state index >= 15 is 0 Å². The maximum Gasteiger partial charge on any atom is 0.176 e. The summed E-state index contributed by atoms with van der Waals surface area (Å²) in [5.74, 6) is 1.91. The van der Waals surface area contributed by atoms with Gasteiger partial charge in [-0.2, -0.15) is 0 Å². The van der Waals surface area contributed by atoms with Crippen LogP contribution in [0.2, 0.25) is 0 Å². The van der Waals surface area contributed by atoms with Crippen LogP contribution in [0.5, 0.6) is 5.75 Å². The van der Waals surface area contributed by atoms with E-state index in [1.807, 2.05) is 36.4 Å². The molecule has 1 aliphatic rings. The topological polar surface area (TPSA) is 38.8 Å². The molecule has 5 rings (SSSR count). The normalized spacial score (nSPS) is 14.8. The van der Waals surface area contributed by atoms with Gasteiger partial charge in [0, 0.05) is 25.0 Å². The number of hydrogen-bond acceptors (Lipinski definition) is 4. The van der Waals surface area contributed by atoms with Crippen molar-refractivity contribution in [3.8, 4) is 17.3 Å². The summed E-state index contributed by atoms with van der Waals surface area (Å²) >= 11 is 0. The smallest absolute Gasteiger partial charge is 0.176 e. The third kappa shape index (κ3) is 3.64. The third-order valence-electron chi connectivity index (χ3n) is 5.54. The zero-order valence-corrected chi connectivity index (χ0v) is 16.7. The molecule has 0 N–H and O–H groups in total. The number of fused-ring (bicyclic) bond motifs is 1. The van der Waals surface area contributed by atoms with Crippen LogP contribution in [0.4, 0.5) is 4.39 Å². The van der Waals surface area contributed by atoms with E-state index in [9.17, 15) is 4.39 Å². The Labute approximate surface area is 174 Å². The van der Waals surface area contributed by atoms with Crippen LogP contribution in [0.1, 0.15) is 17.5 Å². The Kier molecular flexibility index (Phi) is 4.89. The fourth-order valence-corrected chi connectivity index (χ4v) is 4.00. The van der Waals surface area contributed by atoms with Crippen LogP contribution in [0.3, 0.4) is 0 Å². The highest BCUT2D eigenvalue weighted by Gasteiger charge is 2.17. The van der Waals surface area contributed by atoms with Crippen LogP contribution >= 0.6 is 0 Å². The lowest BCUT2D eigenvalue weighted by atomic mass is 9.99. The summed E-state index contributed by atoms with van der Waals surface area (Å²) in [6, 6.07) is 16.6. The molecule has 0 aliphatic carbocycles. The number of rotatable bonds is 5. The lowest BCUT2D eigenvalue weighted by Gasteiger charge is -2.26. The molecule has 0 saturated heterocycles. The Morgan fingerprint density at radius 3 is 2.63 bits per heavy atom. The highest BCUT2D eigenvalue weighted by molar-refractivity contribution is 5.87. The fraction of sp³-hybridized carbons (Fsp3) is 0.200. The van der Waals surface area contributed by atoms with E-state index in [-0.39, 0.29) is 5.82 Å². The molecule has 0 atom stereocenters. The molecule has 0 unspecified atom stereocenters. The zero-order valence-electron chi connectivity index (χ0n) is 16.7. The van der Waals surface area contributed by atoms with Gasteiger partial charge in [0.15, 0.2) is 22.9 Å². The van der Waals surface area contributed by atoms with Gasteiger partial charge >= 0.3 is 0 Å². The van der Waals surface area contributed by atoms with Crippen molar-refractivity contribution >= 4 is 16.5 Å². The van der Waals surface area contributed by atoms with Crippen molar-refractivity contribution < 1.29 is 18.0 Å². The maximum absolute atomic E-state index is 13.2. The summed E-state index contributed by atoms with van der Waals surface area (Å²) in [5, 5.41) is 0.996. The lowest BCUT2D eigenvalue weighted by Crippen LogP contribution is -2.28. The molecule has 0 amide bonds. The van der Waals surface area contributed by atoms with E-state index in [1.165, 1.54) is 23.3 Å². The molecule has 30 heavy (non-hydrogen) atoms. The van der Waals surface area contributed by atoms with Gasteiger partial charge in [-0.25, -0.2) is 4.39 Å². The van der Waals surface area contributed by atoms with Crippen LogP contribution in [-0.4, -0.2) is 25.1 Å². The van der Waals surface area contributed by atoms with Gasteiger partial charge in [0.1, 0.15) is 5.82 Å². The lowest BCUT2D eigenvalue weighted by molar-refractivity contribution is 0.293. The Hall–Kier alpha value is -3.31. The van der Waals surface area contributed by atoms with Crippen molar-refractivity contribution in [2.24, 2.45) is 0 Å². The van der Waals surface area contributed by atoms with E-state index in [2.05, 4.69) is 17.0 Å². The van der Waals surface area contributed by atoms with Gasteiger partial charge in [-0.15, -0.1) is 0 Å². The van der Waals surface area contributed by atoms with Crippen LogP contribution in [0.25, 0.3) is 28.1 Å². The average Bonchev–Trinajstić information content (AvgIpc) is 3.44. The summed E-state index contributed by atoms with van der Waals surface area (Å²) in [6.45, 7) is 2.63. The number of ether oxygens (including phenoxy) is 1. The molecule has 2 aromatic carbocycles. The van der Waals surface area contributed by atoms with E-state index in [0.29, 0.717) is 11.5 Å². The van der Waals surface area contributed by atoms with E-state index < -0.39 is 0 Å². The second-order valence-corrected chi connectivity index (χ2v) is 7.53. The molecule has 1 aliphatic heterocycles. The molecule has 152 valence electrons. The SMILES string of the molecule is COc1cc(CN2CC=C(c3ccc(F)cc3)CC2)cc2cc(-c3ccco3)oc12. The number of nitrogens with zero attached hydrogens (tertiary/aromatic N) is 1. The summed E-state index contributed by atoms with van der Waals surface area (Å²) in [6.07, 6.45) is 4.81. The molecule has 5 heteroatoms. The van der Waals surface area contributed by atoms with Crippen molar-refractivity contribution in [3.05, 3.63) is 83.9 Å². The van der Waals surface area contributed by atoms with E-state index in [1.54, 1.807) is 13.4 Å². The van der Waals surface area contributed by atoms with Gasteiger partial charge in [0.2, 0.25) is 0 Å². The third-order valence-corrected chi connectivity index (χ3v) is 5.54. The molecule has 0 spiro atoms. The summed E-state index contributed by atoms with van der Waals surface area (Å²) in [5.41, 5.74) is 4.27.